The van der Waals surface area contributed by atoms with Gasteiger partial charge in [0.1, 0.15) is 0 Å². The standard InChI is InChI=1S/C14H14N2S2/c1-9-8-18-14-12(6-10(2)16-13(9)14)15-7-11-4-3-5-17-11/h3-6,8H,7H2,1-2H3,(H,15,16). The van der Waals surface area contributed by atoms with Gasteiger partial charge in [-0.2, -0.15) is 0 Å². The van der Waals surface area contributed by atoms with Crippen molar-refractivity contribution in [2.75, 3.05) is 5.32 Å². The summed E-state index contributed by atoms with van der Waals surface area (Å²) in [6.45, 7) is 5.05. The van der Waals surface area contributed by atoms with Crippen LogP contribution in [0.4, 0.5) is 5.69 Å². The lowest BCUT2D eigenvalue weighted by Gasteiger charge is -2.07. The number of pyridine rings is 1. The van der Waals surface area contributed by atoms with E-state index in [2.05, 4.69) is 46.2 Å². The Balaban J connectivity index is 1.95. The first-order chi connectivity index (χ1) is 8.74. The van der Waals surface area contributed by atoms with Crippen LogP contribution in [-0.2, 0) is 6.54 Å². The molecule has 2 nitrogen and oxygen atoms in total. The third kappa shape index (κ3) is 2.13. The van der Waals surface area contributed by atoms with E-state index in [1.807, 2.05) is 6.92 Å². The van der Waals surface area contributed by atoms with Gasteiger partial charge >= 0.3 is 0 Å². The molecule has 92 valence electrons. The minimum atomic E-state index is 0.882. The number of hydrogen-bond donors (Lipinski definition) is 1. The zero-order chi connectivity index (χ0) is 12.5. The normalized spacial score (nSPS) is 11.0. The molecule has 0 spiro atoms. The fourth-order valence-electron chi connectivity index (χ4n) is 1.98. The topological polar surface area (TPSA) is 24.9 Å². The molecule has 0 unspecified atom stereocenters. The Hall–Kier alpha value is -1.39. The lowest BCUT2D eigenvalue weighted by atomic mass is 10.2. The Morgan fingerprint density at radius 1 is 1.28 bits per heavy atom. The summed E-state index contributed by atoms with van der Waals surface area (Å²) in [6.07, 6.45) is 0. The fraction of sp³-hybridized carbons (Fsp3) is 0.214. The van der Waals surface area contributed by atoms with Crippen LogP contribution in [0.15, 0.2) is 29.0 Å². The monoisotopic (exact) mass is 274 g/mol. The van der Waals surface area contributed by atoms with E-state index in [-0.39, 0.29) is 0 Å². The smallest absolute Gasteiger partial charge is 0.0863 e. The number of thiophene rings is 2. The molecule has 1 N–H and O–H groups in total. The lowest BCUT2D eigenvalue weighted by molar-refractivity contribution is 1.18. The number of anilines is 1. The number of nitrogens with zero attached hydrogens (tertiary/aromatic N) is 1. The maximum atomic E-state index is 4.61. The highest BCUT2D eigenvalue weighted by atomic mass is 32.1. The number of rotatable bonds is 3. The van der Waals surface area contributed by atoms with Gasteiger partial charge < -0.3 is 5.32 Å². The summed E-state index contributed by atoms with van der Waals surface area (Å²) in [6, 6.07) is 6.37. The molecule has 0 fully saturated rings. The predicted octanol–water partition coefficient (Wildman–Crippen LogP) is 4.59. The number of fused-ring (bicyclic) bond motifs is 1. The van der Waals surface area contributed by atoms with E-state index >= 15 is 0 Å². The number of aromatic nitrogens is 1. The van der Waals surface area contributed by atoms with Crippen molar-refractivity contribution < 1.29 is 0 Å². The first-order valence-corrected chi connectivity index (χ1v) is 7.61. The van der Waals surface area contributed by atoms with E-state index in [9.17, 15) is 0 Å². The molecule has 0 amide bonds. The molecule has 3 aromatic heterocycles. The van der Waals surface area contributed by atoms with Gasteiger partial charge in [0.2, 0.25) is 0 Å². The maximum absolute atomic E-state index is 4.61. The Kier molecular flexibility index (Phi) is 3.06. The second-order valence-electron chi connectivity index (χ2n) is 4.34. The molecule has 3 rings (SSSR count). The molecule has 3 aromatic rings. The van der Waals surface area contributed by atoms with Gasteiger partial charge in [0, 0.05) is 17.1 Å². The van der Waals surface area contributed by atoms with E-state index in [4.69, 9.17) is 0 Å². The van der Waals surface area contributed by atoms with Gasteiger partial charge in [-0.05, 0) is 42.3 Å². The summed E-state index contributed by atoms with van der Waals surface area (Å²) in [5.74, 6) is 0. The summed E-state index contributed by atoms with van der Waals surface area (Å²) in [7, 11) is 0. The van der Waals surface area contributed by atoms with Gasteiger partial charge in [-0.3, -0.25) is 4.98 Å². The zero-order valence-electron chi connectivity index (χ0n) is 10.4. The minimum absolute atomic E-state index is 0.882. The van der Waals surface area contributed by atoms with Crippen LogP contribution in [-0.4, -0.2) is 4.98 Å². The van der Waals surface area contributed by atoms with Gasteiger partial charge in [0.05, 0.1) is 15.9 Å². The van der Waals surface area contributed by atoms with Crippen LogP contribution in [0.3, 0.4) is 0 Å². The van der Waals surface area contributed by atoms with E-state index in [1.165, 1.54) is 20.8 Å². The molecule has 0 aliphatic carbocycles. The molecular formula is C14H14N2S2. The van der Waals surface area contributed by atoms with Gasteiger partial charge in [-0.25, -0.2) is 0 Å². The molecule has 0 aromatic carbocycles. The van der Waals surface area contributed by atoms with Crippen LogP contribution in [0.1, 0.15) is 16.1 Å². The van der Waals surface area contributed by atoms with Crippen molar-refractivity contribution >= 4 is 38.6 Å². The molecule has 18 heavy (non-hydrogen) atoms. The van der Waals surface area contributed by atoms with Crippen molar-refractivity contribution in [2.45, 2.75) is 20.4 Å². The van der Waals surface area contributed by atoms with Gasteiger partial charge in [-0.15, -0.1) is 22.7 Å². The molecule has 4 heteroatoms. The molecular weight excluding hydrogens is 260 g/mol. The van der Waals surface area contributed by atoms with Crippen LogP contribution in [0.5, 0.6) is 0 Å². The van der Waals surface area contributed by atoms with Crippen molar-refractivity contribution in [1.29, 1.82) is 0 Å². The molecule has 0 saturated heterocycles. The lowest BCUT2D eigenvalue weighted by Crippen LogP contribution is -1.98. The highest BCUT2D eigenvalue weighted by Crippen LogP contribution is 2.31. The Morgan fingerprint density at radius 2 is 2.17 bits per heavy atom. The van der Waals surface area contributed by atoms with E-state index in [1.54, 1.807) is 22.7 Å². The Morgan fingerprint density at radius 3 is 2.94 bits per heavy atom. The van der Waals surface area contributed by atoms with E-state index in [0.717, 1.165) is 17.8 Å². The van der Waals surface area contributed by atoms with Gasteiger partial charge in [-0.1, -0.05) is 6.07 Å². The fourth-order valence-corrected chi connectivity index (χ4v) is 3.61. The molecule has 3 heterocycles. The minimum Gasteiger partial charge on any atom is -0.379 e. The van der Waals surface area contributed by atoms with Crippen LogP contribution < -0.4 is 5.32 Å². The molecule has 0 bridgehead atoms. The van der Waals surface area contributed by atoms with Crippen molar-refractivity contribution in [3.8, 4) is 0 Å². The zero-order valence-corrected chi connectivity index (χ0v) is 12.0. The number of hydrogen-bond acceptors (Lipinski definition) is 4. The predicted molar refractivity (Wildman–Crippen MR) is 80.7 cm³/mol. The van der Waals surface area contributed by atoms with Crippen molar-refractivity contribution in [2.24, 2.45) is 0 Å². The maximum Gasteiger partial charge on any atom is 0.0863 e. The summed E-state index contributed by atoms with van der Waals surface area (Å²) in [4.78, 5) is 5.97. The Bertz CT molecular complexity index is 668. The Labute approximate surface area is 114 Å². The van der Waals surface area contributed by atoms with Crippen molar-refractivity contribution in [3.63, 3.8) is 0 Å². The average Bonchev–Trinajstić information content (AvgIpc) is 2.97. The average molecular weight is 274 g/mol. The van der Waals surface area contributed by atoms with E-state index in [0.29, 0.717) is 0 Å². The highest BCUT2D eigenvalue weighted by molar-refractivity contribution is 7.18. The van der Waals surface area contributed by atoms with Gasteiger partial charge in [0.15, 0.2) is 0 Å². The largest absolute Gasteiger partial charge is 0.379 e. The summed E-state index contributed by atoms with van der Waals surface area (Å²) in [5.41, 5.74) is 4.66. The van der Waals surface area contributed by atoms with Crippen molar-refractivity contribution in [3.05, 3.63) is 45.1 Å². The third-order valence-electron chi connectivity index (χ3n) is 2.86. The molecule has 0 aliphatic rings. The van der Waals surface area contributed by atoms with Crippen LogP contribution in [0.2, 0.25) is 0 Å². The molecule has 0 radical (unpaired) electrons. The van der Waals surface area contributed by atoms with E-state index < -0.39 is 0 Å². The first kappa shape index (κ1) is 11.7. The second-order valence-corrected chi connectivity index (χ2v) is 6.25. The van der Waals surface area contributed by atoms with Crippen molar-refractivity contribution in [1.82, 2.24) is 4.98 Å². The molecule has 0 atom stereocenters. The van der Waals surface area contributed by atoms with Gasteiger partial charge in [0.25, 0.3) is 0 Å². The number of nitrogens with one attached hydrogen (secondary N) is 1. The quantitative estimate of drug-likeness (QED) is 0.755. The third-order valence-corrected chi connectivity index (χ3v) is 4.86. The van der Waals surface area contributed by atoms with Crippen LogP contribution in [0.25, 0.3) is 10.2 Å². The summed E-state index contributed by atoms with van der Waals surface area (Å²) < 4.78 is 1.26. The summed E-state index contributed by atoms with van der Waals surface area (Å²) >= 11 is 3.55. The van der Waals surface area contributed by atoms with Crippen LogP contribution >= 0.6 is 22.7 Å². The molecule has 0 saturated carbocycles. The van der Waals surface area contributed by atoms with Crippen LogP contribution in [0, 0.1) is 13.8 Å². The molecule has 0 aliphatic heterocycles. The first-order valence-electron chi connectivity index (χ1n) is 5.86. The SMILES string of the molecule is Cc1cc(NCc2cccs2)c2scc(C)c2n1. The number of aryl methyl sites for hydroxylation is 2. The highest BCUT2D eigenvalue weighted by Gasteiger charge is 2.08. The second kappa shape index (κ2) is 4.71. The summed E-state index contributed by atoms with van der Waals surface area (Å²) in [5, 5.41) is 7.81.